The average Bonchev–Trinajstić information content (AvgIpc) is 2.99. The molecule has 1 aromatic heterocycles. The van der Waals surface area contributed by atoms with Crippen LogP contribution in [0.3, 0.4) is 0 Å². The predicted molar refractivity (Wildman–Crippen MR) is 76.4 cm³/mol. The fraction of sp³-hybridized carbons (Fsp3) is 0.533. The van der Waals surface area contributed by atoms with E-state index in [1.54, 1.807) is 7.11 Å². The molecule has 0 radical (unpaired) electrons. The quantitative estimate of drug-likeness (QED) is 0.914. The molecule has 2 aromatic rings. The Morgan fingerprint density at radius 2 is 2.26 bits per heavy atom. The van der Waals surface area contributed by atoms with Gasteiger partial charge in [-0.25, -0.2) is 4.98 Å². The van der Waals surface area contributed by atoms with Crippen molar-refractivity contribution in [2.75, 3.05) is 20.3 Å². The van der Waals surface area contributed by atoms with Gasteiger partial charge in [0.05, 0.1) is 17.6 Å². The third-order valence-corrected chi connectivity index (χ3v) is 4.06. The molecule has 1 N–H and O–H groups in total. The van der Waals surface area contributed by atoms with E-state index in [-0.39, 0.29) is 0 Å². The molecule has 1 saturated heterocycles. The monoisotopic (exact) mass is 259 g/mol. The van der Waals surface area contributed by atoms with Crippen molar-refractivity contribution in [3.05, 3.63) is 30.1 Å². The van der Waals surface area contributed by atoms with Crippen LogP contribution in [0.4, 0.5) is 0 Å². The van der Waals surface area contributed by atoms with Gasteiger partial charge in [0.25, 0.3) is 0 Å². The molecule has 19 heavy (non-hydrogen) atoms. The van der Waals surface area contributed by atoms with Crippen LogP contribution in [0, 0.1) is 0 Å². The normalized spacial score (nSPS) is 23.3. The Bertz CT molecular complexity index is 564. The Hall–Kier alpha value is -1.39. The molecule has 1 aliphatic rings. The number of ether oxygens (including phenoxy) is 1. The SMILES string of the molecule is COCCn1c(C2CCNC2C)nc2ccccc21. The Kier molecular flexibility index (Phi) is 3.53. The Morgan fingerprint density at radius 1 is 1.42 bits per heavy atom. The standard InChI is InChI=1S/C15H21N3O/c1-11-12(7-8-16-11)15-17-13-5-3-4-6-14(13)18(15)9-10-19-2/h3-6,11-12,16H,7-10H2,1-2H3. The van der Waals surface area contributed by atoms with Gasteiger partial charge in [0.2, 0.25) is 0 Å². The molecular formula is C15H21N3O. The highest BCUT2D eigenvalue weighted by Crippen LogP contribution is 2.29. The van der Waals surface area contributed by atoms with Crippen LogP contribution in [0.1, 0.15) is 25.1 Å². The zero-order valence-electron chi connectivity index (χ0n) is 11.6. The lowest BCUT2D eigenvalue weighted by atomic mass is 10.0. The van der Waals surface area contributed by atoms with Crippen LogP contribution in [-0.2, 0) is 11.3 Å². The minimum absolute atomic E-state index is 0.498. The largest absolute Gasteiger partial charge is 0.383 e. The van der Waals surface area contributed by atoms with Gasteiger partial charge in [-0.1, -0.05) is 12.1 Å². The molecule has 2 unspecified atom stereocenters. The summed E-state index contributed by atoms with van der Waals surface area (Å²) in [7, 11) is 1.75. The highest BCUT2D eigenvalue weighted by Gasteiger charge is 2.29. The van der Waals surface area contributed by atoms with Crippen LogP contribution in [0.5, 0.6) is 0 Å². The van der Waals surface area contributed by atoms with Crippen LogP contribution in [0.25, 0.3) is 11.0 Å². The third kappa shape index (κ3) is 2.26. The molecule has 1 aliphatic heterocycles. The number of hydrogen-bond acceptors (Lipinski definition) is 3. The number of methoxy groups -OCH3 is 1. The summed E-state index contributed by atoms with van der Waals surface area (Å²) >= 11 is 0. The van der Waals surface area contributed by atoms with E-state index in [2.05, 4.69) is 41.1 Å². The summed E-state index contributed by atoms with van der Waals surface area (Å²) in [5.74, 6) is 1.71. The van der Waals surface area contributed by atoms with Crippen molar-refractivity contribution in [3.63, 3.8) is 0 Å². The molecule has 0 amide bonds. The second kappa shape index (κ2) is 5.31. The lowest BCUT2D eigenvalue weighted by Gasteiger charge is -2.17. The molecule has 4 nitrogen and oxygen atoms in total. The summed E-state index contributed by atoms with van der Waals surface area (Å²) in [6, 6.07) is 8.87. The van der Waals surface area contributed by atoms with E-state index in [9.17, 15) is 0 Å². The fourth-order valence-corrected chi connectivity index (χ4v) is 3.01. The van der Waals surface area contributed by atoms with Crippen LogP contribution in [0.2, 0.25) is 0 Å². The molecule has 0 aliphatic carbocycles. The van der Waals surface area contributed by atoms with E-state index in [4.69, 9.17) is 9.72 Å². The lowest BCUT2D eigenvalue weighted by Crippen LogP contribution is -2.24. The van der Waals surface area contributed by atoms with Gasteiger partial charge in [-0.3, -0.25) is 0 Å². The zero-order chi connectivity index (χ0) is 13.2. The molecule has 0 saturated carbocycles. The van der Waals surface area contributed by atoms with Crippen molar-refractivity contribution in [2.45, 2.75) is 31.8 Å². The maximum Gasteiger partial charge on any atom is 0.114 e. The van der Waals surface area contributed by atoms with Crippen molar-refractivity contribution >= 4 is 11.0 Å². The van der Waals surface area contributed by atoms with Gasteiger partial charge in [0, 0.05) is 25.6 Å². The van der Waals surface area contributed by atoms with Crippen molar-refractivity contribution in [3.8, 4) is 0 Å². The van der Waals surface area contributed by atoms with Gasteiger partial charge in [-0.05, 0) is 32.0 Å². The first-order valence-electron chi connectivity index (χ1n) is 6.98. The number of nitrogens with one attached hydrogen (secondary N) is 1. The highest BCUT2D eigenvalue weighted by atomic mass is 16.5. The lowest BCUT2D eigenvalue weighted by molar-refractivity contribution is 0.187. The van der Waals surface area contributed by atoms with Crippen LogP contribution >= 0.6 is 0 Å². The smallest absolute Gasteiger partial charge is 0.114 e. The molecule has 4 heteroatoms. The topological polar surface area (TPSA) is 39.1 Å². The summed E-state index contributed by atoms with van der Waals surface area (Å²) < 4.78 is 7.57. The van der Waals surface area contributed by atoms with E-state index >= 15 is 0 Å². The van der Waals surface area contributed by atoms with Crippen molar-refractivity contribution in [1.29, 1.82) is 0 Å². The van der Waals surface area contributed by atoms with Gasteiger partial charge < -0.3 is 14.6 Å². The van der Waals surface area contributed by atoms with Gasteiger partial charge in [0.1, 0.15) is 5.82 Å². The van der Waals surface area contributed by atoms with Crippen LogP contribution in [0.15, 0.2) is 24.3 Å². The van der Waals surface area contributed by atoms with Gasteiger partial charge >= 0.3 is 0 Å². The maximum atomic E-state index is 5.24. The first kappa shape index (κ1) is 12.6. The third-order valence-electron chi connectivity index (χ3n) is 4.06. The van der Waals surface area contributed by atoms with E-state index in [0.29, 0.717) is 12.0 Å². The van der Waals surface area contributed by atoms with Crippen molar-refractivity contribution in [2.24, 2.45) is 0 Å². The number of para-hydroxylation sites is 2. The van der Waals surface area contributed by atoms with Gasteiger partial charge in [-0.2, -0.15) is 0 Å². The first-order chi connectivity index (χ1) is 9.31. The summed E-state index contributed by atoms with van der Waals surface area (Å²) in [5.41, 5.74) is 2.31. The Morgan fingerprint density at radius 3 is 3.00 bits per heavy atom. The number of benzene rings is 1. The summed E-state index contributed by atoms with van der Waals surface area (Å²) in [6.45, 7) is 4.93. The number of hydrogen-bond donors (Lipinski definition) is 1. The van der Waals surface area contributed by atoms with E-state index in [1.165, 1.54) is 11.3 Å². The molecule has 0 spiro atoms. The minimum Gasteiger partial charge on any atom is -0.383 e. The summed E-state index contributed by atoms with van der Waals surface area (Å²) in [6.07, 6.45) is 1.16. The number of aromatic nitrogens is 2. The number of imidazole rings is 1. The van der Waals surface area contributed by atoms with Crippen LogP contribution in [-0.4, -0.2) is 35.9 Å². The molecule has 102 valence electrons. The highest BCUT2D eigenvalue weighted by molar-refractivity contribution is 5.76. The van der Waals surface area contributed by atoms with Crippen molar-refractivity contribution in [1.82, 2.24) is 14.9 Å². The van der Waals surface area contributed by atoms with Gasteiger partial charge in [0.15, 0.2) is 0 Å². The van der Waals surface area contributed by atoms with E-state index in [0.717, 1.165) is 31.6 Å². The zero-order valence-corrected chi connectivity index (χ0v) is 11.6. The molecule has 0 bridgehead atoms. The number of nitrogens with zero attached hydrogens (tertiary/aromatic N) is 2. The summed E-state index contributed by atoms with van der Waals surface area (Å²) in [4.78, 5) is 4.87. The van der Waals surface area contributed by atoms with Crippen LogP contribution < -0.4 is 5.32 Å². The molecule has 3 rings (SSSR count). The molecule has 2 atom stereocenters. The minimum atomic E-state index is 0.498. The fourth-order valence-electron chi connectivity index (χ4n) is 3.01. The second-order valence-corrected chi connectivity index (χ2v) is 5.24. The Balaban J connectivity index is 2.06. The molecular weight excluding hydrogens is 238 g/mol. The Labute approximate surface area is 113 Å². The number of rotatable bonds is 4. The first-order valence-corrected chi connectivity index (χ1v) is 6.98. The van der Waals surface area contributed by atoms with Gasteiger partial charge in [-0.15, -0.1) is 0 Å². The summed E-state index contributed by atoms with van der Waals surface area (Å²) in [5, 5.41) is 3.51. The predicted octanol–water partition coefficient (Wildman–Crippen LogP) is 2.15. The van der Waals surface area contributed by atoms with Crippen molar-refractivity contribution < 1.29 is 4.74 Å². The molecule has 2 heterocycles. The molecule has 1 aromatic carbocycles. The van der Waals surface area contributed by atoms with E-state index < -0.39 is 0 Å². The number of fused-ring (bicyclic) bond motifs is 1. The van der Waals surface area contributed by atoms with E-state index in [1.807, 2.05) is 0 Å². The average molecular weight is 259 g/mol. The maximum absolute atomic E-state index is 5.24. The molecule has 1 fully saturated rings. The second-order valence-electron chi connectivity index (χ2n) is 5.24.